The fraction of sp³-hybridized carbons (Fsp3) is 0.833. The van der Waals surface area contributed by atoms with Crippen molar-refractivity contribution in [3.05, 3.63) is 0 Å². The summed E-state index contributed by atoms with van der Waals surface area (Å²) >= 11 is 0. The highest BCUT2D eigenvalue weighted by molar-refractivity contribution is 6.01. The Morgan fingerprint density at radius 2 is 2.06 bits per heavy atom. The number of carbonyl (C=O) groups is 2. The molecule has 17 heavy (non-hydrogen) atoms. The van der Waals surface area contributed by atoms with Crippen LogP contribution >= 0.6 is 0 Å². The smallest absolute Gasteiger partial charge is 0.332 e. The molecular weight excluding hydrogens is 220 g/mol. The van der Waals surface area contributed by atoms with Crippen LogP contribution in [-0.2, 0) is 14.3 Å². The van der Waals surface area contributed by atoms with Gasteiger partial charge in [0.2, 0.25) is 5.91 Å². The Hall–Kier alpha value is -1.10. The van der Waals surface area contributed by atoms with Crippen molar-refractivity contribution < 1.29 is 14.3 Å². The highest BCUT2D eigenvalue weighted by atomic mass is 16.5. The van der Waals surface area contributed by atoms with Crippen molar-refractivity contribution in [2.45, 2.75) is 45.6 Å². The SMILES string of the molecule is CCCC1(CNC(=O)C(N)C(=O)OCC)CC1. The van der Waals surface area contributed by atoms with Crippen molar-refractivity contribution in [3.63, 3.8) is 0 Å². The minimum atomic E-state index is -1.20. The predicted octanol–water partition coefficient (Wildman–Crippen LogP) is 0.573. The van der Waals surface area contributed by atoms with Gasteiger partial charge >= 0.3 is 5.97 Å². The first kappa shape index (κ1) is 14.0. The van der Waals surface area contributed by atoms with Crippen LogP contribution in [0.3, 0.4) is 0 Å². The number of rotatable bonds is 7. The van der Waals surface area contributed by atoms with Crippen LogP contribution in [0, 0.1) is 5.41 Å². The van der Waals surface area contributed by atoms with Gasteiger partial charge in [0.15, 0.2) is 6.04 Å². The summed E-state index contributed by atoms with van der Waals surface area (Å²) in [5, 5.41) is 2.74. The third kappa shape index (κ3) is 4.00. The molecule has 1 aliphatic carbocycles. The number of carbonyl (C=O) groups excluding carboxylic acids is 2. The highest BCUT2D eigenvalue weighted by Crippen LogP contribution is 2.48. The second-order valence-electron chi connectivity index (χ2n) is 4.70. The monoisotopic (exact) mass is 242 g/mol. The Bertz CT molecular complexity index is 287. The fourth-order valence-electron chi connectivity index (χ4n) is 1.95. The Morgan fingerprint density at radius 3 is 2.53 bits per heavy atom. The van der Waals surface area contributed by atoms with E-state index in [9.17, 15) is 9.59 Å². The zero-order valence-corrected chi connectivity index (χ0v) is 10.6. The number of ether oxygens (including phenoxy) is 1. The summed E-state index contributed by atoms with van der Waals surface area (Å²) in [7, 11) is 0. The largest absolute Gasteiger partial charge is 0.464 e. The van der Waals surface area contributed by atoms with Gasteiger partial charge in [-0.2, -0.15) is 0 Å². The molecule has 1 rings (SSSR count). The van der Waals surface area contributed by atoms with Gasteiger partial charge in [0, 0.05) is 6.54 Å². The summed E-state index contributed by atoms with van der Waals surface area (Å²) in [5.41, 5.74) is 5.75. The zero-order chi connectivity index (χ0) is 12.9. The van der Waals surface area contributed by atoms with Gasteiger partial charge < -0.3 is 15.8 Å². The van der Waals surface area contributed by atoms with E-state index < -0.39 is 17.9 Å². The molecule has 0 aliphatic heterocycles. The summed E-state index contributed by atoms with van der Waals surface area (Å²) in [4.78, 5) is 22.8. The highest BCUT2D eigenvalue weighted by Gasteiger charge is 2.42. The van der Waals surface area contributed by atoms with E-state index in [0.717, 1.165) is 25.7 Å². The van der Waals surface area contributed by atoms with Crippen molar-refractivity contribution in [2.24, 2.45) is 11.1 Å². The standard InChI is InChI=1S/C12H22N2O3/c1-3-5-12(6-7-12)8-14-10(15)9(13)11(16)17-4-2/h9H,3-8,13H2,1-2H3,(H,14,15). The summed E-state index contributed by atoms with van der Waals surface area (Å²) in [5.74, 6) is -1.10. The van der Waals surface area contributed by atoms with E-state index in [2.05, 4.69) is 12.2 Å². The Labute approximate surface area is 102 Å². The van der Waals surface area contributed by atoms with Crippen LogP contribution in [0.5, 0.6) is 0 Å². The molecule has 0 bridgehead atoms. The first-order valence-electron chi connectivity index (χ1n) is 6.24. The number of hydrogen-bond donors (Lipinski definition) is 2. The minimum Gasteiger partial charge on any atom is -0.464 e. The molecule has 0 radical (unpaired) electrons. The lowest BCUT2D eigenvalue weighted by Crippen LogP contribution is -2.48. The third-order valence-corrected chi connectivity index (χ3v) is 3.20. The Morgan fingerprint density at radius 1 is 1.41 bits per heavy atom. The van der Waals surface area contributed by atoms with E-state index in [1.54, 1.807) is 6.92 Å². The van der Waals surface area contributed by atoms with Crippen LogP contribution < -0.4 is 11.1 Å². The van der Waals surface area contributed by atoms with Crippen LogP contribution in [0.1, 0.15) is 39.5 Å². The van der Waals surface area contributed by atoms with E-state index in [1.807, 2.05) is 0 Å². The summed E-state index contributed by atoms with van der Waals surface area (Å²) in [6.07, 6.45) is 4.52. The molecule has 0 spiro atoms. The molecule has 0 saturated heterocycles. The molecule has 1 unspecified atom stereocenters. The molecule has 1 fully saturated rings. The van der Waals surface area contributed by atoms with E-state index in [1.165, 1.54) is 0 Å². The average molecular weight is 242 g/mol. The molecule has 98 valence electrons. The van der Waals surface area contributed by atoms with E-state index in [-0.39, 0.29) is 12.0 Å². The lowest BCUT2D eigenvalue weighted by Gasteiger charge is -2.16. The maximum absolute atomic E-state index is 11.6. The van der Waals surface area contributed by atoms with Crippen LogP contribution in [0.25, 0.3) is 0 Å². The topological polar surface area (TPSA) is 81.4 Å². The van der Waals surface area contributed by atoms with E-state index in [4.69, 9.17) is 10.5 Å². The van der Waals surface area contributed by atoms with Gasteiger partial charge in [-0.15, -0.1) is 0 Å². The second-order valence-corrected chi connectivity index (χ2v) is 4.70. The number of amides is 1. The first-order chi connectivity index (χ1) is 8.04. The Balaban J connectivity index is 2.32. The molecule has 1 atom stereocenters. The summed E-state index contributed by atoms with van der Waals surface area (Å²) in [6, 6.07) is -1.20. The fourth-order valence-corrected chi connectivity index (χ4v) is 1.95. The van der Waals surface area contributed by atoms with Crippen molar-refractivity contribution >= 4 is 11.9 Å². The van der Waals surface area contributed by atoms with Crippen molar-refractivity contribution in [1.29, 1.82) is 0 Å². The lowest BCUT2D eigenvalue weighted by molar-refractivity contribution is -0.148. The quantitative estimate of drug-likeness (QED) is 0.505. The number of nitrogens with two attached hydrogens (primary N) is 1. The summed E-state index contributed by atoms with van der Waals surface area (Å²) < 4.78 is 4.70. The molecule has 5 nitrogen and oxygen atoms in total. The normalized spacial score (nSPS) is 18.3. The van der Waals surface area contributed by atoms with E-state index in [0.29, 0.717) is 6.54 Å². The van der Waals surface area contributed by atoms with Crippen LogP contribution in [0.15, 0.2) is 0 Å². The average Bonchev–Trinajstić information content (AvgIpc) is 3.06. The van der Waals surface area contributed by atoms with Gasteiger partial charge in [0.25, 0.3) is 0 Å². The van der Waals surface area contributed by atoms with E-state index >= 15 is 0 Å². The van der Waals surface area contributed by atoms with Gasteiger partial charge in [-0.25, -0.2) is 4.79 Å². The summed E-state index contributed by atoms with van der Waals surface area (Å²) in [6.45, 7) is 4.67. The van der Waals surface area contributed by atoms with Gasteiger partial charge in [0.1, 0.15) is 0 Å². The van der Waals surface area contributed by atoms with Gasteiger partial charge in [-0.3, -0.25) is 4.79 Å². The van der Waals surface area contributed by atoms with Gasteiger partial charge in [-0.05, 0) is 31.6 Å². The molecule has 0 aromatic rings. The molecule has 1 saturated carbocycles. The van der Waals surface area contributed by atoms with Crippen molar-refractivity contribution in [1.82, 2.24) is 5.32 Å². The maximum Gasteiger partial charge on any atom is 0.332 e. The molecule has 0 aromatic heterocycles. The predicted molar refractivity (Wildman–Crippen MR) is 64.2 cm³/mol. The molecule has 1 aliphatic rings. The minimum absolute atomic E-state index is 0.236. The second kappa shape index (κ2) is 6.00. The zero-order valence-electron chi connectivity index (χ0n) is 10.6. The van der Waals surface area contributed by atoms with Crippen LogP contribution in [-0.4, -0.2) is 31.1 Å². The number of esters is 1. The van der Waals surface area contributed by atoms with Crippen LogP contribution in [0.2, 0.25) is 0 Å². The van der Waals surface area contributed by atoms with Gasteiger partial charge in [-0.1, -0.05) is 13.3 Å². The van der Waals surface area contributed by atoms with Gasteiger partial charge in [0.05, 0.1) is 6.61 Å². The van der Waals surface area contributed by atoms with Crippen molar-refractivity contribution in [2.75, 3.05) is 13.2 Å². The first-order valence-corrected chi connectivity index (χ1v) is 6.24. The molecule has 3 N–H and O–H groups in total. The molecule has 0 aromatic carbocycles. The Kier molecular flexibility index (Phi) is 4.93. The maximum atomic E-state index is 11.6. The number of nitrogens with one attached hydrogen (secondary N) is 1. The van der Waals surface area contributed by atoms with Crippen LogP contribution in [0.4, 0.5) is 0 Å². The molecular formula is C12H22N2O3. The lowest BCUT2D eigenvalue weighted by atomic mass is 10.0. The van der Waals surface area contributed by atoms with Crippen molar-refractivity contribution in [3.8, 4) is 0 Å². The number of hydrogen-bond acceptors (Lipinski definition) is 4. The molecule has 0 heterocycles. The molecule has 5 heteroatoms. The molecule has 1 amide bonds. The third-order valence-electron chi connectivity index (χ3n) is 3.20.